The maximum Gasteiger partial charge on any atom is 0.261 e. The Hall–Kier alpha value is -1.31. The van der Waals surface area contributed by atoms with Crippen LogP contribution in [0.5, 0.6) is 5.75 Å². The van der Waals surface area contributed by atoms with Crippen molar-refractivity contribution in [3.63, 3.8) is 0 Å². The largest absolute Gasteiger partial charge is 0.480 e. The molecule has 2 rings (SSSR count). The minimum absolute atomic E-state index is 0.200. The zero-order chi connectivity index (χ0) is 16.3. The Kier molecular flexibility index (Phi) is 5.31. The Morgan fingerprint density at radius 2 is 2.23 bits per heavy atom. The number of hydrogen-bond donors (Lipinski definition) is 1. The van der Waals surface area contributed by atoms with Gasteiger partial charge in [-0.15, -0.1) is 0 Å². The molecular weight excluding hydrogens is 328 g/mol. The van der Waals surface area contributed by atoms with Crippen LogP contribution >= 0.6 is 11.6 Å². The maximum absolute atomic E-state index is 12.0. The monoisotopic (exact) mass is 346 g/mol. The van der Waals surface area contributed by atoms with Crippen molar-refractivity contribution in [3.8, 4) is 5.75 Å². The summed E-state index contributed by atoms with van der Waals surface area (Å²) < 4.78 is 29.3. The molecule has 22 heavy (non-hydrogen) atoms. The first-order valence-corrected chi connectivity index (χ1v) is 9.14. The normalized spacial score (nSPS) is 17.2. The van der Waals surface area contributed by atoms with E-state index in [1.807, 2.05) is 0 Å². The van der Waals surface area contributed by atoms with Gasteiger partial charge in [0.25, 0.3) is 5.91 Å². The number of fused-ring (bicyclic) bond motifs is 1. The number of halogens is 1. The zero-order valence-corrected chi connectivity index (χ0v) is 14.1. The number of carbonyl (C=O) groups is 1. The van der Waals surface area contributed by atoms with Crippen LogP contribution in [0.2, 0.25) is 5.02 Å². The molecular formula is C14H19ClN2O4S. The van der Waals surface area contributed by atoms with E-state index in [4.69, 9.17) is 16.3 Å². The van der Waals surface area contributed by atoms with Crippen molar-refractivity contribution in [1.82, 2.24) is 9.62 Å². The highest BCUT2D eigenvalue weighted by Gasteiger charge is 2.28. The fourth-order valence-electron chi connectivity index (χ4n) is 2.16. The highest BCUT2D eigenvalue weighted by molar-refractivity contribution is 7.88. The zero-order valence-electron chi connectivity index (χ0n) is 12.5. The molecule has 0 bridgehead atoms. The fourth-order valence-corrected chi connectivity index (χ4v) is 2.81. The molecule has 1 heterocycles. The van der Waals surface area contributed by atoms with Crippen LogP contribution in [0.4, 0.5) is 0 Å². The lowest BCUT2D eigenvalue weighted by molar-refractivity contribution is -0.127. The number of sulfonamides is 1. The quantitative estimate of drug-likeness (QED) is 0.781. The van der Waals surface area contributed by atoms with Crippen molar-refractivity contribution in [2.45, 2.75) is 18.9 Å². The Labute approximate surface area is 135 Å². The standard InChI is InChI=1S/C14H19ClN2O4S/c1-17(22(2,19)20)7-3-6-16-14(18)13-9-10-8-11(15)4-5-12(10)21-13/h4-5,8,13H,3,6-7,9H2,1-2H3,(H,16,18)/t13-/m0/s1. The summed E-state index contributed by atoms with van der Waals surface area (Å²) in [4.78, 5) is 12.0. The van der Waals surface area contributed by atoms with Gasteiger partial charge in [-0.05, 0) is 30.2 Å². The van der Waals surface area contributed by atoms with Crippen molar-refractivity contribution < 1.29 is 17.9 Å². The highest BCUT2D eigenvalue weighted by atomic mass is 35.5. The molecule has 1 aromatic rings. The molecule has 0 saturated heterocycles. The number of rotatable bonds is 6. The molecule has 1 amide bonds. The van der Waals surface area contributed by atoms with Crippen LogP contribution < -0.4 is 10.1 Å². The summed E-state index contributed by atoms with van der Waals surface area (Å²) >= 11 is 5.91. The first kappa shape index (κ1) is 17.1. The number of hydrogen-bond acceptors (Lipinski definition) is 4. The molecule has 0 radical (unpaired) electrons. The van der Waals surface area contributed by atoms with Crippen molar-refractivity contribution in [2.75, 3.05) is 26.4 Å². The Balaban J connectivity index is 1.76. The summed E-state index contributed by atoms with van der Waals surface area (Å²) in [5, 5.41) is 3.38. The van der Waals surface area contributed by atoms with Crippen molar-refractivity contribution in [2.24, 2.45) is 0 Å². The van der Waals surface area contributed by atoms with E-state index in [0.717, 1.165) is 11.8 Å². The summed E-state index contributed by atoms with van der Waals surface area (Å²) in [7, 11) is -1.66. The van der Waals surface area contributed by atoms with Gasteiger partial charge in [-0.25, -0.2) is 12.7 Å². The van der Waals surface area contributed by atoms with E-state index in [1.165, 1.54) is 11.4 Å². The number of amides is 1. The molecule has 1 aliphatic rings. The van der Waals surface area contributed by atoms with E-state index in [2.05, 4.69) is 5.32 Å². The Morgan fingerprint density at radius 1 is 1.50 bits per heavy atom. The van der Waals surface area contributed by atoms with Gasteiger partial charge in [0.2, 0.25) is 10.0 Å². The molecule has 8 heteroatoms. The molecule has 1 aromatic carbocycles. The highest BCUT2D eigenvalue weighted by Crippen LogP contribution is 2.31. The molecule has 122 valence electrons. The summed E-state index contributed by atoms with van der Waals surface area (Å²) in [6.07, 6.45) is 1.63. The van der Waals surface area contributed by atoms with E-state index >= 15 is 0 Å². The first-order chi connectivity index (χ1) is 10.3. The van der Waals surface area contributed by atoms with Crippen LogP contribution in [0.15, 0.2) is 18.2 Å². The summed E-state index contributed by atoms with van der Waals surface area (Å²) in [5.41, 5.74) is 0.921. The topological polar surface area (TPSA) is 75.7 Å². The maximum atomic E-state index is 12.0. The van der Waals surface area contributed by atoms with Crippen LogP contribution in [0.3, 0.4) is 0 Å². The Bertz CT molecular complexity index is 663. The second kappa shape index (κ2) is 6.85. The molecule has 0 fully saturated rings. The van der Waals surface area contributed by atoms with E-state index in [9.17, 15) is 13.2 Å². The predicted molar refractivity (Wildman–Crippen MR) is 84.7 cm³/mol. The van der Waals surface area contributed by atoms with Crippen LogP contribution in [-0.4, -0.2) is 51.1 Å². The third-order valence-corrected chi connectivity index (χ3v) is 5.05. The fraction of sp³-hybridized carbons (Fsp3) is 0.500. The minimum Gasteiger partial charge on any atom is -0.480 e. The van der Waals surface area contributed by atoms with Gasteiger partial charge >= 0.3 is 0 Å². The SMILES string of the molecule is CN(CCCNC(=O)[C@@H]1Cc2cc(Cl)ccc2O1)S(C)(=O)=O. The molecule has 6 nitrogen and oxygen atoms in total. The van der Waals surface area contributed by atoms with E-state index < -0.39 is 16.1 Å². The molecule has 0 spiro atoms. The lowest BCUT2D eigenvalue weighted by atomic mass is 10.1. The smallest absolute Gasteiger partial charge is 0.261 e. The minimum atomic E-state index is -3.18. The summed E-state index contributed by atoms with van der Waals surface area (Å²) in [5.74, 6) is 0.482. The molecule has 0 saturated carbocycles. The average Bonchev–Trinajstić information content (AvgIpc) is 2.85. The van der Waals surface area contributed by atoms with Gasteiger partial charge in [0, 0.05) is 31.6 Å². The Morgan fingerprint density at radius 3 is 2.91 bits per heavy atom. The summed E-state index contributed by atoms with van der Waals surface area (Å²) in [6, 6.07) is 5.28. The lowest BCUT2D eigenvalue weighted by Crippen LogP contribution is -2.39. The average molecular weight is 347 g/mol. The molecule has 1 N–H and O–H groups in total. The molecule has 1 aliphatic heterocycles. The number of carbonyl (C=O) groups excluding carboxylic acids is 1. The summed E-state index contributed by atoms with van der Waals surface area (Å²) in [6.45, 7) is 0.760. The van der Waals surface area contributed by atoms with Gasteiger partial charge in [0.1, 0.15) is 5.75 Å². The van der Waals surface area contributed by atoms with Gasteiger partial charge < -0.3 is 10.1 Å². The number of benzene rings is 1. The lowest BCUT2D eigenvalue weighted by Gasteiger charge is -2.15. The third kappa shape index (κ3) is 4.34. The van der Waals surface area contributed by atoms with E-state index in [-0.39, 0.29) is 5.91 Å². The number of nitrogens with one attached hydrogen (secondary N) is 1. The van der Waals surface area contributed by atoms with Crippen LogP contribution in [0, 0.1) is 0 Å². The number of nitrogens with zero attached hydrogens (tertiary/aromatic N) is 1. The van der Waals surface area contributed by atoms with Crippen LogP contribution in [0.25, 0.3) is 0 Å². The van der Waals surface area contributed by atoms with Gasteiger partial charge in [-0.1, -0.05) is 11.6 Å². The molecule has 0 unspecified atom stereocenters. The van der Waals surface area contributed by atoms with Crippen molar-refractivity contribution >= 4 is 27.5 Å². The van der Waals surface area contributed by atoms with Gasteiger partial charge in [-0.2, -0.15) is 0 Å². The second-order valence-corrected chi connectivity index (χ2v) is 7.82. The molecule has 0 aromatic heterocycles. The third-order valence-electron chi connectivity index (χ3n) is 3.50. The van der Waals surface area contributed by atoms with Crippen molar-refractivity contribution in [3.05, 3.63) is 28.8 Å². The molecule has 1 atom stereocenters. The first-order valence-electron chi connectivity index (χ1n) is 6.91. The molecule has 0 aliphatic carbocycles. The van der Waals surface area contributed by atoms with Crippen LogP contribution in [-0.2, 0) is 21.2 Å². The van der Waals surface area contributed by atoms with Gasteiger partial charge in [-0.3, -0.25) is 4.79 Å². The van der Waals surface area contributed by atoms with Crippen LogP contribution in [0.1, 0.15) is 12.0 Å². The number of ether oxygens (including phenoxy) is 1. The predicted octanol–water partition coefficient (Wildman–Crippen LogP) is 1.04. The van der Waals surface area contributed by atoms with E-state index in [1.54, 1.807) is 18.2 Å². The van der Waals surface area contributed by atoms with Gasteiger partial charge in [0.05, 0.1) is 6.26 Å². The van der Waals surface area contributed by atoms with E-state index in [0.29, 0.717) is 36.7 Å². The second-order valence-electron chi connectivity index (χ2n) is 5.29. The van der Waals surface area contributed by atoms with Gasteiger partial charge in [0.15, 0.2) is 6.10 Å². The van der Waals surface area contributed by atoms with Crippen molar-refractivity contribution in [1.29, 1.82) is 0 Å².